The normalized spacial score (nSPS) is 21.4. The first-order valence-electron chi connectivity index (χ1n) is 27.4. The minimum atomic E-state index is -4.41. The number of hydrogen-bond donors (Lipinski definition) is 2. The second kappa shape index (κ2) is 31.9. The molecule has 4 heterocycles. The summed E-state index contributed by atoms with van der Waals surface area (Å²) in [7, 11) is 2.47. The van der Waals surface area contributed by atoms with E-state index in [-0.39, 0.29) is 95.0 Å². The number of benzene rings is 2. The fraction of sp³-hybridized carbons (Fsp3) is 0.517. The van der Waals surface area contributed by atoms with E-state index in [0.29, 0.717) is 11.5 Å². The van der Waals surface area contributed by atoms with Crippen LogP contribution in [0.3, 0.4) is 0 Å². The average Bonchev–Trinajstić information content (AvgIpc) is 3.17. The summed E-state index contributed by atoms with van der Waals surface area (Å²) in [6, 6.07) is 17.2. The number of hydrogen-bond acceptors (Lipinski definition) is 19. The summed E-state index contributed by atoms with van der Waals surface area (Å²) in [4.78, 5) is 89.7. The largest absolute Gasteiger partial charge is 0.493 e. The van der Waals surface area contributed by atoms with E-state index in [9.17, 15) is 55.1 Å². The zero-order valence-corrected chi connectivity index (χ0v) is 47.3. The molecule has 4 aromatic rings. The highest BCUT2D eigenvalue weighted by Gasteiger charge is 2.40. The molecule has 0 spiro atoms. The predicted octanol–water partition coefficient (Wildman–Crippen LogP) is 8.71. The van der Waals surface area contributed by atoms with Gasteiger partial charge in [-0.05, 0) is 89.5 Å². The molecule has 0 aliphatic carbocycles. The minimum Gasteiger partial charge on any atom is -0.493 e. The number of nitrogens with zero attached hydrogens (tertiary/aromatic N) is 2. The lowest BCUT2D eigenvalue weighted by Crippen LogP contribution is -2.46. The fourth-order valence-electron chi connectivity index (χ4n) is 9.20. The Kier molecular flexibility index (Phi) is 24.9. The quantitative estimate of drug-likeness (QED) is 0.0357. The molecule has 2 fully saturated rings. The standard InChI is InChI=1S/C58H68F6N4O17/c1-34-49(78-29-14-26-57(59,60)61)43(83-38-16-8-6-9-17-38)22-12-20-40(55(73)80-34)67-53(71)47-51(42(75-4)24-28-65-47)85-46(70)25-31-77-33-37-32-45(76-5)52(82-36(3)69)48(66-37)54(72)68-41-21-13-23-44(84-39-18-10-7-11-19-39)50(35(2)81-56(41)74)79-30-15-27-58(62,63)64/h6-11,16-19,24,28,32,34-35,40-41,43-44,49-50H,12-15,20-23,25-27,29-31,33H2,1-5H3,(H,67,71)(H,68,72). The smallest absolute Gasteiger partial charge is 0.389 e. The van der Waals surface area contributed by atoms with Crippen LogP contribution in [0.4, 0.5) is 26.3 Å². The van der Waals surface area contributed by atoms with Gasteiger partial charge in [0.2, 0.25) is 11.5 Å². The number of carbonyl (C=O) groups is 6. The summed E-state index contributed by atoms with van der Waals surface area (Å²) in [6.07, 6.45) is -15.7. The first-order chi connectivity index (χ1) is 40.5. The summed E-state index contributed by atoms with van der Waals surface area (Å²) in [5.74, 6) is -5.71. The summed E-state index contributed by atoms with van der Waals surface area (Å²) < 4.78 is 141. The molecule has 0 saturated carbocycles. The lowest BCUT2D eigenvalue weighted by Gasteiger charge is -2.31. The van der Waals surface area contributed by atoms with E-state index in [1.54, 1.807) is 60.7 Å². The molecular weight excluding hydrogens is 1140 g/mol. The highest BCUT2D eigenvalue weighted by molar-refractivity contribution is 5.99. The number of rotatable bonds is 25. The van der Waals surface area contributed by atoms with Crippen LogP contribution in [0.1, 0.15) is 118 Å². The Morgan fingerprint density at radius 3 is 1.59 bits per heavy atom. The van der Waals surface area contributed by atoms with Gasteiger partial charge in [-0.2, -0.15) is 26.3 Å². The molecule has 8 unspecified atom stereocenters. The van der Waals surface area contributed by atoms with Crippen molar-refractivity contribution in [3.8, 4) is 34.5 Å². The molecule has 2 N–H and O–H groups in total. The number of carbonyl (C=O) groups excluding carboxylic acids is 6. The first kappa shape index (κ1) is 66.4. The van der Waals surface area contributed by atoms with Gasteiger partial charge in [0.05, 0.1) is 39.5 Å². The molecule has 0 radical (unpaired) electrons. The number of nitrogens with one attached hydrogen (secondary N) is 2. The first-order valence-corrected chi connectivity index (χ1v) is 27.4. The number of pyridine rings is 2. The van der Waals surface area contributed by atoms with E-state index < -0.39 is 139 Å². The predicted molar refractivity (Wildman–Crippen MR) is 286 cm³/mol. The van der Waals surface area contributed by atoms with Crippen LogP contribution in [0.15, 0.2) is 79.0 Å². The average molecular weight is 1210 g/mol. The van der Waals surface area contributed by atoms with Crippen molar-refractivity contribution in [3.63, 3.8) is 0 Å². The maximum Gasteiger partial charge on any atom is 0.389 e. The number of halogens is 6. The van der Waals surface area contributed by atoms with Crippen LogP contribution in [0.2, 0.25) is 0 Å². The lowest BCUT2D eigenvalue weighted by atomic mass is 10.0. The maximum absolute atomic E-state index is 14.1. The molecule has 21 nitrogen and oxygen atoms in total. The van der Waals surface area contributed by atoms with Crippen molar-refractivity contribution in [2.75, 3.05) is 34.0 Å². The summed E-state index contributed by atoms with van der Waals surface area (Å²) in [6.45, 7) is 2.72. The molecule has 2 aliphatic heterocycles. The Labute approximate surface area is 485 Å². The third-order valence-electron chi connectivity index (χ3n) is 13.2. The van der Waals surface area contributed by atoms with E-state index >= 15 is 0 Å². The van der Waals surface area contributed by atoms with E-state index in [1.807, 2.05) is 0 Å². The Bertz CT molecular complexity index is 2850. The third kappa shape index (κ3) is 21.1. The number of esters is 4. The van der Waals surface area contributed by atoms with Crippen LogP contribution in [0.5, 0.6) is 34.5 Å². The molecule has 2 saturated heterocycles. The summed E-state index contributed by atoms with van der Waals surface area (Å²) >= 11 is 0. The topological polar surface area (TPSA) is 254 Å². The van der Waals surface area contributed by atoms with Crippen molar-refractivity contribution in [3.05, 3.63) is 96.1 Å². The lowest BCUT2D eigenvalue weighted by molar-refractivity contribution is -0.166. The molecule has 2 aromatic carbocycles. The van der Waals surface area contributed by atoms with Crippen LogP contribution in [-0.2, 0) is 49.5 Å². The molecule has 6 rings (SSSR count). The van der Waals surface area contributed by atoms with E-state index in [0.717, 1.165) is 6.92 Å². The van der Waals surface area contributed by atoms with Gasteiger partial charge in [0.15, 0.2) is 22.9 Å². The number of amides is 2. The van der Waals surface area contributed by atoms with Crippen LogP contribution in [0.25, 0.3) is 0 Å². The van der Waals surface area contributed by atoms with Crippen molar-refractivity contribution >= 4 is 35.7 Å². The van der Waals surface area contributed by atoms with Crippen LogP contribution in [-0.4, -0.2) is 141 Å². The van der Waals surface area contributed by atoms with Gasteiger partial charge < -0.3 is 62.7 Å². The van der Waals surface area contributed by atoms with Crippen molar-refractivity contribution in [1.82, 2.24) is 20.6 Å². The number of cyclic esters (lactones) is 2. The molecule has 27 heteroatoms. The molecule has 2 aliphatic rings. The fourth-order valence-corrected chi connectivity index (χ4v) is 9.20. The number of methoxy groups -OCH3 is 2. The molecule has 464 valence electrons. The molecule has 0 bridgehead atoms. The second-order valence-corrected chi connectivity index (χ2v) is 19.8. The SMILES string of the molecule is COc1cc(COCCC(=O)Oc2c(OC)ccnc2C(=O)NC2CCCC(Oc3ccccc3)C(OCCCC(F)(F)F)C(C)OC2=O)nc(C(=O)NC2CCCC(Oc3ccccc3)C(OCCCC(F)(F)F)C(C)OC2=O)c1OC(C)=O. The Morgan fingerprint density at radius 2 is 1.12 bits per heavy atom. The maximum atomic E-state index is 14.1. The van der Waals surface area contributed by atoms with Crippen molar-refractivity contribution in [2.24, 2.45) is 0 Å². The molecular formula is C58H68F6N4O17. The minimum absolute atomic E-state index is 0.0104. The van der Waals surface area contributed by atoms with Gasteiger partial charge in [0.1, 0.15) is 60.2 Å². The summed E-state index contributed by atoms with van der Waals surface area (Å²) in [5.41, 5.74) is -0.928. The van der Waals surface area contributed by atoms with E-state index in [2.05, 4.69) is 20.6 Å². The number of ether oxygens (including phenoxy) is 11. The van der Waals surface area contributed by atoms with Gasteiger partial charge in [0, 0.05) is 51.3 Å². The van der Waals surface area contributed by atoms with Gasteiger partial charge in [0.25, 0.3) is 11.8 Å². The number of para-hydroxylation sites is 2. The third-order valence-corrected chi connectivity index (χ3v) is 13.2. The highest BCUT2D eigenvalue weighted by Crippen LogP contribution is 2.34. The Hall–Kier alpha value is -7.78. The van der Waals surface area contributed by atoms with Gasteiger partial charge >= 0.3 is 36.2 Å². The molecule has 85 heavy (non-hydrogen) atoms. The van der Waals surface area contributed by atoms with Gasteiger partial charge in [-0.1, -0.05) is 36.4 Å². The number of aromatic nitrogens is 2. The molecule has 2 amide bonds. The monoisotopic (exact) mass is 1210 g/mol. The van der Waals surface area contributed by atoms with Crippen LogP contribution < -0.4 is 39.1 Å². The van der Waals surface area contributed by atoms with Gasteiger partial charge in [-0.15, -0.1) is 0 Å². The zero-order chi connectivity index (χ0) is 61.7. The molecule has 8 atom stereocenters. The van der Waals surface area contributed by atoms with Crippen LogP contribution >= 0.6 is 0 Å². The van der Waals surface area contributed by atoms with Crippen molar-refractivity contribution < 1.29 is 107 Å². The summed E-state index contributed by atoms with van der Waals surface area (Å²) in [5, 5.41) is 5.18. The van der Waals surface area contributed by atoms with E-state index in [4.69, 9.17) is 52.1 Å². The van der Waals surface area contributed by atoms with Crippen molar-refractivity contribution in [1.29, 1.82) is 0 Å². The second-order valence-electron chi connectivity index (χ2n) is 19.8. The highest BCUT2D eigenvalue weighted by atomic mass is 19.4. The number of alkyl halides is 6. The van der Waals surface area contributed by atoms with Crippen molar-refractivity contribution in [2.45, 2.75) is 159 Å². The van der Waals surface area contributed by atoms with Gasteiger partial charge in [-0.25, -0.2) is 19.6 Å². The van der Waals surface area contributed by atoms with Gasteiger partial charge in [-0.3, -0.25) is 19.2 Å². The van der Waals surface area contributed by atoms with E-state index in [1.165, 1.54) is 46.4 Å². The molecule has 2 aromatic heterocycles. The Balaban J connectivity index is 1.10. The zero-order valence-electron chi connectivity index (χ0n) is 47.3. The van der Waals surface area contributed by atoms with Crippen LogP contribution in [0, 0.1) is 0 Å². The Morgan fingerprint density at radius 1 is 0.635 bits per heavy atom.